The summed E-state index contributed by atoms with van der Waals surface area (Å²) in [6.07, 6.45) is 4.54. The van der Waals surface area contributed by atoms with Gasteiger partial charge in [0.2, 0.25) is 0 Å². The Kier molecular flexibility index (Phi) is 6.64. The predicted octanol–water partition coefficient (Wildman–Crippen LogP) is 8.08. The second-order valence-corrected chi connectivity index (χ2v) is 12.3. The van der Waals surface area contributed by atoms with Crippen molar-refractivity contribution in [3.8, 4) is 0 Å². The lowest BCUT2D eigenvalue weighted by atomic mass is 9.50. The molecule has 8 heteroatoms. The van der Waals surface area contributed by atoms with Crippen LogP contribution in [0.2, 0.25) is 0 Å². The van der Waals surface area contributed by atoms with E-state index < -0.39 is 41.4 Å². The summed E-state index contributed by atoms with van der Waals surface area (Å²) in [6.45, 7) is 1.45. The van der Waals surface area contributed by atoms with Gasteiger partial charge in [-0.25, -0.2) is 0 Å². The van der Waals surface area contributed by atoms with Crippen molar-refractivity contribution in [1.82, 2.24) is 4.98 Å². The maximum Gasteiger partial charge on any atom is 0.456 e. The molecule has 1 aromatic heterocycles. The first-order chi connectivity index (χ1) is 19.4. The molecule has 0 unspecified atom stereocenters. The summed E-state index contributed by atoms with van der Waals surface area (Å²) >= 11 is 0. The van der Waals surface area contributed by atoms with Crippen molar-refractivity contribution in [3.05, 3.63) is 88.3 Å². The third-order valence-electron chi connectivity index (χ3n) is 10.2. The lowest BCUT2D eigenvalue weighted by Gasteiger charge is -2.56. The molecule has 0 saturated heterocycles. The highest BCUT2D eigenvalue weighted by atomic mass is 19.4. The van der Waals surface area contributed by atoms with Crippen LogP contribution in [0.15, 0.2) is 71.6 Å². The van der Waals surface area contributed by atoms with E-state index in [1.165, 1.54) is 6.92 Å². The summed E-state index contributed by atoms with van der Waals surface area (Å²) in [6, 6.07) is 11.4. The van der Waals surface area contributed by atoms with Gasteiger partial charge in [0.1, 0.15) is 5.60 Å². The number of alkyl halides is 5. The van der Waals surface area contributed by atoms with Crippen molar-refractivity contribution in [2.75, 3.05) is 0 Å². The zero-order valence-electron chi connectivity index (χ0n) is 22.7. The van der Waals surface area contributed by atoms with E-state index in [1.807, 2.05) is 48.6 Å². The van der Waals surface area contributed by atoms with Gasteiger partial charge in [-0.05, 0) is 96.4 Å². The monoisotopic (exact) mass is 569 g/mol. The van der Waals surface area contributed by atoms with Gasteiger partial charge < -0.3 is 5.11 Å². The number of benzene rings is 1. The van der Waals surface area contributed by atoms with Gasteiger partial charge in [0.05, 0.1) is 0 Å². The highest BCUT2D eigenvalue weighted by Gasteiger charge is 2.79. The van der Waals surface area contributed by atoms with Crippen LogP contribution < -0.4 is 0 Å². The molecular formula is C33H32F5NO2. The van der Waals surface area contributed by atoms with Gasteiger partial charge in [0.15, 0.2) is 5.78 Å². The van der Waals surface area contributed by atoms with Crippen LogP contribution in [0.3, 0.4) is 0 Å². The Labute approximate surface area is 235 Å². The Morgan fingerprint density at radius 3 is 2.44 bits per heavy atom. The van der Waals surface area contributed by atoms with Gasteiger partial charge in [-0.15, -0.1) is 0 Å². The molecule has 0 bridgehead atoms. The average Bonchev–Trinajstić information content (AvgIpc) is 3.22. The fraction of sp³-hybridized carbons (Fsp3) is 0.455. The van der Waals surface area contributed by atoms with Crippen LogP contribution in [0.25, 0.3) is 12.2 Å². The molecule has 4 aliphatic carbocycles. The highest BCUT2D eigenvalue weighted by Crippen LogP contribution is 2.70. The number of rotatable bonds is 4. The molecule has 41 heavy (non-hydrogen) atoms. The summed E-state index contributed by atoms with van der Waals surface area (Å²) in [4.78, 5) is 16.3. The summed E-state index contributed by atoms with van der Waals surface area (Å²) in [7, 11) is 0. The van der Waals surface area contributed by atoms with Crippen molar-refractivity contribution < 1.29 is 31.9 Å². The molecule has 2 saturated carbocycles. The minimum Gasteiger partial charge on any atom is -0.383 e. The maximum absolute atomic E-state index is 15.2. The van der Waals surface area contributed by atoms with Gasteiger partial charge in [-0.1, -0.05) is 48.9 Å². The number of nitrogens with zero attached hydrogens (tertiary/aromatic N) is 1. The first kappa shape index (κ1) is 28.0. The molecular weight excluding hydrogens is 537 g/mol. The van der Waals surface area contributed by atoms with E-state index in [2.05, 4.69) is 4.98 Å². The van der Waals surface area contributed by atoms with Crippen LogP contribution in [0, 0.1) is 17.3 Å². The number of allylic oxidation sites excluding steroid dienone is 4. The lowest BCUT2D eigenvalue weighted by Crippen LogP contribution is -2.65. The molecule has 1 heterocycles. The fourth-order valence-corrected chi connectivity index (χ4v) is 8.26. The second-order valence-electron chi connectivity index (χ2n) is 12.3. The van der Waals surface area contributed by atoms with Crippen molar-refractivity contribution in [2.24, 2.45) is 17.3 Å². The molecule has 6 rings (SSSR count). The molecule has 0 amide bonds. The SMILES string of the molecule is C[C@]12C[C@H](c3cccc(/C=C/c4ccncc4)c3)C3=C4CCC(=O)C=C4CC[C@H]3[C@@H]1CC[C@@]2(O)C(F)(F)C(F)(F)F. The molecule has 1 N–H and O–H groups in total. The number of ketones is 1. The van der Waals surface area contributed by atoms with Crippen LogP contribution in [0.1, 0.15) is 74.5 Å². The Morgan fingerprint density at radius 2 is 1.71 bits per heavy atom. The molecule has 4 aliphatic rings. The molecule has 0 radical (unpaired) electrons. The van der Waals surface area contributed by atoms with Crippen molar-refractivity contribution in [2.45, 2.75) is 75.5 Å². The summed E-state index contributed by atoms with van der Waals surface area (Å²) < 4.78 is 71.7. The summed E-state index contributed by atoms with van der Waals surface area (Å²) in [5.41, 5.74) is 0.829. The number of carbonyl (C=O) groups is 1. The number of hydrogen-bond donors (Lipinski definition) is 1. The van der Waals surface area contributed by atoms with Crippen LogP contribution in [-0.4, -0.2) is 33.6 Å². The zero-order valence-corrected chi connectivity index (χ0v) is 22.7. The molecule has 0 aliphatic heterocycles. The first-order valence-electron chi connectivity index (χ1n) is 14.2. The molecule has 216 valence electrons. The van der Waals surface area contributed by atoms with Gasteiger partial charge >= 0.3 is 12.1 Å². The van der Waals surface area contributed by atoms with Crippen molar-refractivity contribution in [1.29, 1.82) is 0 Å². The molecule has 2 fully saturated rings. The number of carbonyl (C=O) groups excluding carboxylic acids is 1. The van der Waals surface area contributed by atoms with Crippen LogP contribution in [0.4, 0.5) is 22.0 Å². The molecule has 5 atom stereocenters. The fourth-order valence-electron chi connectivity index (χ4n) is 8.26. The molecule has 1 aromatic carbocycles. The van der Waals surface area contributed by atoms with Gasteiger partial charge in [-0.2, -0.15) is 22.0 Å². The number of halogens is 5. The number of fused-ring (bicyclic) bond motifs is 4. The topological polar surface area (TPSA) is 50.2 Å². The first-order valence-corrected chi connectivity index (χ1v) is 14.2. The zero-order chi connectivity index (χ0) is 29.2. The minimum atomic E-state index is -5.86. The van der Waals surface area contributed by atoms with Gasteiger partial charge in [0.25, 0.3) is 0 Å². The molecule has 3 nitrogen and oxygen atoms in total. The van der Waals surface area contributed by atoms with Gasteiger partial charge in [0, 0.05) is 30.1 Å². The quantitative estimate of drug-likeness (QED) is 0.379. The number of aromatic nitrogens is 1. The Bertz CT molecular complexity index is 1460. The predicted molar refractivity (Wildman–Crippen MR) is 146 cm³/mol. The minimum absolute atomic E-state index is 0.0338. The second kappa shape index (κ2) is 9.72. The van der Waals surface area contributed by atoms with Gasteiger partial charge in [-0.3, -0.25) is 9.78 Å². The Hall–Kier alpha value is -3.13. The van der Waals surface area contributed by atoms with Crippen LogP contribution in [-0.2, 0) is 4.79 Å². The van der Waals surface area contributed by atoms with Crippen molar-refractivity contribution in [3.63, 3.8) is 0 Å². The third-order valence-corrected chi connectivity index (χ3v) is 10.2. The third kappa shape index (κ3) is 4.32. The van der Waals surface area contributed by atoms with E-state index in [4.69, 9.17) is 0 Å². The highest BCUT2D eigenvalue weighted by molar-refractivity contribution is 5.93. The summed E-state index contributed by atoms with van der Waals surface area (Å²) in [5, 5.41) is 11.4. The smallest absolute Gasteiger partial charge is 0.383 e. The number of pyridine rings is 1. The van der Waals surface area contributed by atoms with Crippen molar-refractivity contribution >= 4 is 17.9 Å². The maximum atomic E-state index is 15.2. The van der Waals surface area contributed by atoms with E-state index in [9.17, 15) is 23.1 Å². The van der Waals surface area contributed by atoms with E-state index in [-0.39, 0.29) is 24.5 Å². The summed E-state index contributed by atoms with van der Waals surface area (Å²) in [5.74, 6) is -6.41. The number of aliphatic hydroxyl groups is 1. The Balaban J connectivity index is 1.48. The normalized spacial score (nSPS) is 32.0. The van der Waals surface area contributed by atoms with E-state index in [0.29, 0.717) is 25.7 Å². The largest absolute Gasteiger partial charge is 0.456 e. The van der Waals surface area contributed by atoms with E-state index in [0.717, 1.165) is 33.4 Å². The Morgan fingerprint density at radius 1 is 0.976 bits per heavy atom. The molecule has 0 spiro atoms. The number of hydrogen-bond acceptors (Lipinski definition) is 3. The van der Waals surface area contributed by atoms with Crippen LogP contribution in [0.5, 0.6) is 0 Å². The standard InChI is InChI=1S/C33H32F5NO2/c1-30-19-27(22-4-2-3-21(17-22)6-5-20-12-15-39-16-13-20)29-25-10-8-24(40)18-23(25)7-9-26(29)28(30)11-14-31(30,41)32(34,35)33(36,37)38/h2-6,12-13,15-18,26-28,41H,7-11,14,19H2,1H3/b6-5+/t26-,27+,28-,30-,31-/m0/s1. The van der Waals surface area contributed by atoms with E-state index in [1.54, 1.807) is 18.5 Å². The van der Waals surface area contributed by atoms with E-state index >= 15 is 8.78 Å². The lowest BCUT2D eigenvalue weighted by molar-refractivity contribution is -0.362. The molecule has 2 aromatic rings. The average molecular weight is 570 g/mol. The van der Waals surface area contributed by atoms with Crippen LogP contribution >= 0.6 is 0 Å².